The Morgan fingerprint density at radius 1 is 1.42 bits per heavy atom. The van der Waals surface area contributed by atoms with E-state index in [9.17, 15) is 4.79 Å². The summed E-state index contributed by atoms with van der Waals surface area (Å²) in [5.74, 6) is 0.435. The van der Waals surface area contributed by atoms with Crippen LogP contribution in [0.3, 0.4) is 0 Å². The molecule has 0 amide bonds. The monoisotopic (exact) mass is 266 g/mol. The van der Waals surface area contributed by atoms with Crippen molar-refractivity contribution in [1.82, 2.24) is 14.5 Å². The number of hydrogen-bond donors (Lipinski definition) is 1. The SMILES string of the molecule is CC(C)n1ccnc(NCCN2CCOCC2)c1=O. The smallest absolute Gasteiger partial charge is 0.293 e. The predicted octanol–water partition coefficient (Wildman–Crippen LogP) is 0.568. The number of nitrogens with zero attached hydrogens (tertiary/aromatic N) is 3. The number of nitrogens with one attached hydrogen (secondary N) is 1. The first-order chi connectivity index (χ1) is 9.18. The molecule has 2 heterocycles. The van der Waals surface area contributed by atoms with E-state index < -0.39 is 0 Å². The minimum Gasteiger partial charge on any atom is -0.379 e. The molecule has 106 valence electrons. The van der Waals surface area contributed by atoms with Crippen LogP contribution in [0.5, 0.6) is 0 Å². The Labute approximate surface area is 113 Å². The van der Waals surface area contributed by atoms with Gasteiger partial charge in [-0.15, -0.1) is 0 Å². The van der Waals surface area contributed by atoms with Crippen LogP contribution < -0.4 is 10.9 Å². The standard InChI is InChI=1S/C13H22N4O2/c1-11(2)17-6-4-15-12(13(17)18)14-3-5-16-7-9-19-10-8-16/h4,6,11H,3,5,7-10H2,1-2H3,(H,14,15). The van der Waals surface area contributed by atoms with Crippen molar-refractivity contribution in [2.75, 3.05) is 44.7 Å². The summed E-state index contributed by atoms with van der Waals surface area (Å²) < 4.78 is 6.98. The quantitative estimate of drug-likeness (QED) is 0.844. The summed E-state index contributed by atoms with van der Waals surface area (Å²) in [6, 6.07) is 0.148. The summed E-state index contributed by atoms with van der Waals surface area (Å²) in [5, 5.41) is 3.13. The molecule has 1 aliphatic heterocycles. The van der Waals surface area contributed by atoms with Crippen molar-refractivity contribution in [3.63, 3.8) is 0 Å². The van der Waals surface area contributed by atoms with E-state index in [1.54, 1.807) is 17.0 Å². The average molecular weight is 266 g/mol. The fourth-order valence-corrected chi connectivity index (χ4v) is 2.11. The summed E-state index contributed by atoms with van der Waals surface area (Å²) in [5.41, 5.74) is -0.0560. The molecule has 0 unspecified atom stereocenters. The highest BCUT2D eigenvalue weighted by Crippen LogP contribution is 2.01. The van der Waals surface area contributed by atoms with Crippen LogP contribution in [0.4, 0.5) is 5.82 Å². The average Bonchev–Trinajstić information content (AvgIpc) is 2.41. The van der Waals surface area contributed by atoms with Crippen LogP contribution in [-0.4, -0.2) is 53.8 Å². The molecule has 0 radical (unpaired) electrons. The van der Waals surface area contributed by atoms with Crippen LogP contribution in [-0.2, 0) is 4.74 Å². The number of ether oxygens (including phenoxy) is 1. The van der Waals surface area contributed by atoms with Crippen LogP contribution in [0.25, 0.3) is 0 Å². The molecule has 19 heavy (non-hydrogen) atoms. The van der Waals surface area contributed by atoms with Gasteiger partial charge in [0.1, 0.15) is 0 Å². The van der Waals surface area contributed by atoms with Gasteiger partial charge in [0, 0.05) is 44.6 Å². The third kappa shape index (κ3) is 3.78. The lowest BCUT2D eigenvalue weighted by atomic mass is 10.4. The molecule has 1 aromatic rings. The van der Waals surface area contributed by atoms with Gasteiger partial charge in [-0.05, 0) is 13.8 Å². The Hall–Kier alpha value is -1.40. The fourth-order valence-electron chi connectivity index (χ4n) is 2.11. The molecule has 0 aliphatic carbocycles. The van der Waals surface area contributed by atoms with Gasteiger partial charge in [0.25, 0.3) is 5.56 Å². The molecule has 0 atom stereocenters. The van der Waals surface area contributed by atoms with Gasteiger partial charge in [0.15, 0.2) is 5.82 Å². The van der Waals surface area contributed by atoms with Crippen molar-refractivity contribution in [2.24, 2.45) is 0 Å². The zero-order chi connectivity index (χ0) is 13.7. The van der Waals surface area contributed by atoms with Gasteiger partial charge in [0.2, 0.25) is 0 Å². The Bertz CT molecular complexity index is 452. The third-order valence-corrected chi connectivity index (χ3v) is 3.25. The van der Waals surface area contributed by atoms with Gasteiger partial charge in [-0.2, -0.15) is 0 Å². The van der Waals surface area contributed by atoms with Gasteiger partial charge in [-0.1, -0.05) is 0 Å². The lowest BCUT2D eigenvalue weighted by Crippen LogP contribution is -2.39. The Kier molecular flexibility index (Phi) is 4.93. The van der Waals surface area contributed by atoms with E-state index in [1.807, 2.05) is 13.8 Å². The second kappa shape index (κ2) is 6.68. The number of aromatic nitrogens is 2. The summed E-state index contributed by atoms with van der Waals surface area (Å²) in [6.07, 6.45) is 3.39. The van der Waals surface area contributed by atoms with E-state index >= 15 is 0 Å². The molecule has 1 aromatic heterocycles. The van der Waals surface area contributed by atoms with E-state index in [0.717, 1.165) is 39.4 Å². The molecule has 2 rings (SSSR count). The summed E-state index contributed by atoms with van der Waals surface area (Å²) in [4.78, 5) is 18.5. The van der Waals surface area contributed by atoms with Crippen molar-refractivity contribution in [3.05, 3.63) is 22.7 Å². The zero-order valence-corrected chi connectivity index (χ0v) is 11.6. The lowest BCUT2D eigenvalue weighted by Gasteiger charge is -2.26. The van der Waals surface area contributed by atoms with Gasteiger partial charge >= 0.3 is 0 Å². The van der Waals surface area contributed by atoms with Crippen molar-refractivity contribution >= 4 is 5.82 Å². The van der Waals surface area contributed by atoms with Gasteiger partial charge in [-0.3, -0.25) is 9.69 Å². The fraction of sp³-hybridized carbons (Fsp3) is 0.692. The highest BCUT2D eigenvalue weighted by molar-refractivity contribution is 5.30. The Morgan fingerprint density at radius 3 is 2.84 bits per heavy atom. The number of hydrogen-bond acceptors (Lipinski definition) is 5. The normalized spacial score (nSPS) is 16.8. The van der Waals surface area contributed by atoms with Gasteiger partial charge in [0.05, 0.1) is 13.2 Å². The highest BCUT2D eigenvalue weighted by atomic mass is 16.5. The first-order valence-corrected chi connectivity index (χ1v) is 6.79. The highest BCUT2D eigenvalue weighted by Gasteiger charge is 2.10. The zero-order valence-electron chi connectivity index (χ0n) is 11.6. The molecule has 0 aromatic carbocycles. The van der Waals surface area contributed by atoms with Crippen molar-refractivity contribution in [1.29, 1.82) is 0 Å². The maximum absolute atomic E-state index is 12.1. The lowest BCUT2D eigenvalue weighted by molar-refractivity contribution is 0.0398. The minimum atomic E-state index is -0.0560. The molecule has 0 spiro atoms. The van der Waals surface area contributed by atoms with Crippen molar-refractivity contribution < 1.29 is 4.74 Å². The first-order valence-electron chi connectivity index (χ1n) is 6.79. The maximum Gasteiger partial charge on any atom is 0.293 e. The topological polar surface area (TPSA) is 59.4 Å². The second-order valence-corrected chi connectivity index (χ2v) is 4.96. The summed E-state index contributed by atoms with van der Waals surface area (Å²) in [7, 11) is 0. The van der Waals surface area contributed by atoms with Crippen LogP contribution >= 0.6 is 0 Å². The molecular formula is C13H22N4O2. The molecule has 1 N–H and O–H groups in total. The molecule has 1 aliphatic rings. The van der Waals surface area contributed by atoms with E-state index in [2.05, 4.69) is 15.2 Å². The largest absolute Gasteiger partial charge is 0.379 e. The summed E-state index contributed by atoms with van der Waals surface area (Å²) in [6.45, 7) is 9.11. The van der Waals surface area contributed by atoms with Crippen LogP contribution in [0.15, 0.2) is 17.2 Å². The number of rotatable bonds is 5. The van der Waals surface area contributed by atoms with Crippen LogP contribution in [0.2, 0.25) is 0 Å². The molecular weight excluding hydrogens is 244 g/mol. The van der Waals surface area contributed by atoms with E-state index in [1.165, 1.54) is 0 Å². The molecule has 0 saturated carbocycles. The van der Waals surface area contributed by atoms with Crippen molar-refractivity contribution in [3.8, 4) is 0 Å². The van der Waals surface area contributed by atoms with Crippen LogP contribution in [0, 0.1) is 0 Å². The van der Waals surface area contributed by atoms with Gasteiger partial charge in [-0.25, -0.2) is 4.98 Å². The Morgan fingerprint density at radius 2 is 2.16 bits per heavy atom. The number of anilines is 1. The molecule has 6 heteroatoms. The molecule has 6 nitrogen and oxygen atoms in total. The van der Waals surface area contributed by atoms with Crippen LogP contribution in [0.1, 0.15) is 19.9 Å². The predicted molar refractivity (Wildman–Crippen MR) is 74.6 cm³/mol. The second-order valence-electron chi connectivity index (χ2n) is 4.96. The molecule has 1 saturated heterocycles. The van der Waals surface area contributed by atoms with Crippen molar-refractivity contribution in [2.45, 2.75) is 19.9 Å². The summed E-state index contributed by atoms with van der Waals surface area (Å²) >= 11 is 0. The van der Waals surface area contributed by atoms with Gasteiger partial charge < -0.3 is 14.6 Å². The molecule has 1 fully saturated rings. The molecule has 0 bridgehead atoms. The van der Waals surface area contributed by atoms with E-state index in [-0.39, 0.29) is 11.6 Å². The van der Waals surface area contributed by atoms with E-state index in [0.29, 0.717) is 5.82 Å². The minimum absolute atomic E-state index is 0.0560. The maximum atomic E-state index is 12.1. The number of morpholine rings is 1. The third-order valence-electron chi connectivity index (χ3n) is 3.25. The Balaban J connectivity index is 1.89. The van der Waals surface area contributed by atoms with E-state index in [4.69, 9.17) is 4.74 Å². The first kappa shape index (κ1) is 14.0.